The summed E-state index contributed by atoms with van der Waals surface area (Å²) in [5.74, 6) is 0.477. The van der Waals surface area contributed by atoms with E-state index in [1.54, 1.807) is 0 Å². The molecule has 4 heterocycles. The molecule has 2 aliphatic rings. The summed E-state index contributed by atoms with van der Waals surface area (Å²) in [5, 5.41) is 7.35. The highest BCUT2D eigenvalue weighted by molar-refractivity contribution is 5.94. The van der Waals surface area contributed by atoms with Crippen LogP contribution in [-0.4, -0.2) is 45.2 Å². The molecule has 1 saturated heterocycles. The first-order chi connectivity index (χ1) is 12.1. The van der Waals surface area contributed by atoms with Crippen molar-refractivity contribution >= 4 is 5.91 Å². The van der Waals surface area contributed by atoms with Crippen LogP contribution in [0.2, 0.25) is 0 Å². The Bertz CT molecular complexity index is 750. The molecule has 0 unspecified atom stereocenters. The summed E-state index contributed by atoms with van der Waals surface area (Å²) >= 11 is 0. The number of nitrogens with zero attached hydrogens (tertiary/aromatic N) is 3. The Kier molecular flexibility index (Phi) is 4.29. The summed E-state index contributed by atoms with van der Waals surface area (Å²) in [6.07, 6.45) is 4.55. The predicted molar refractivity (Wildman–Crippen MR) is 93.4 cm³/mol. The zero-order chi connectivity index (χ0) is 17.4. The van der Waals surface area contributed by atoms with Crippen LogP contribution in [0.15, 0.2) is 24.4 Å². The molecule has 1 amide bonds. The van der Waals surface area contributed by atoms with Crippen LogP contribution in [0.4, 0.5) is 0 Å². The van der Waals surface area contributed by atoms with E-state index < -0.39 is 0 Å². The number of rotatable bonds is 2. The Morgan fingerprint density at radius 1 is 1.28 bits per heavy atom. The number of likely N-dealkylation sites (tertiary alicyclic amines) is 1. The Hall–Kier alpha value is -2.21. The quantitative estimate of drug-likeness (QED) is 0.912. The number of aromatic amines is 1. The van der Waals surface area contributed by atoms with Crippen LogP contribution in [0.5, 0.6) is 0 Å². The van der Waals surface area contributed by atoms with Gasteiger partial charge in [-0.1, -0.05) is 6.07 Å². The van der Waals surface area contributed by atoms with Crippen molar-refractivity contribution in [2.24, 2.45) is 0 Å². The number of piperidine rings is 1. The number of pyridine rings is 1. The molecular weight excluding hydrogens is 316 g/mol. The van der Waals surface area contributed by atoms with Crippen LogP contribution < -0.4 is 0 Å². The summed E-state index contributed by atoms with van der Waals surface area (Å²) in [7, 11) is 0. The molecule has 4 rings (SSSR count). The fourth-order valence-electron chi connectivity index (χ4n) is 4.00. The van der Waals surface area contributed by atoms with Gasteiger partial charge in [0.25, 0.3) is 5.91 Å². The summed E-state index contributed by atoms with van der Waals surface area (Å²) in [6, 6.07) is 6.05. The second-order valence-corrected chi connectivity index (χ2v) is 7.08. The molecule has 0 bridgehead atoms. The molecule has 1 N–H and O–H groups in total. The molecule has 2 aromatic heterocycles. The van der Waals surface area contributed by atoms with Crippen molar-refractivity contribution in [1.82, 2.24) is 20.1 Å². The van der Waals surface area contributed by atoms with Crippen LogP contribution in [-0.2, 0) is 11.2 Å². The smallest absolute Gasteiger partial charge is 0.274 e. The number of carbonyl (C=O) groups is 1. The first-order valence-corrected chi connectivity index (χ1v) is 9.06. The number of amides is 1. The standard InChI is InChI=1S/C19H24N4O2/c1-12-11-15-17(13(2)25-12)21-22-18(15)19(24)23-9-6-14(7-10-23)16-5-3-4-8-20-16/h3-5,8,12-14H,6-7,9-11H2,1-2H3,(H,21,22)/t12-,13+/m1/s1. The van der Waals surface area contributed by atoms with Crippen LogP contribution >= 0.6 is 0 Å². The van der Waals surface area contributed by atoms with Gasteiger partial charge in [0.2, 0.25) is 0 Å². The fraction of sp³-hybridized carbons (Fsp3) is 0.526. The van der Waals surface area contributed by atoms with E-state index in [0.717, 1.165) is 49.3 Å². The molecule has 25 heavy (non-hydrogen) atoms. The SMILES string of the molecule is C[C@@H]1Cc2c(C(=O)N3CCC(c4ccccn4)CC3)n[nH]c2[C@H](C)O1. The second-order valence-electron chi connectivity index (χ2n) is 7.08. The minimum absolute atomic E-state index is 0.0392. The van der Waals surface area contributed by atoms with Crippen molar-refractivity contribution in [2.45, 2.75) is 51.2 Å². The summed E-state index contributed by atoms with van der Waals surface area (Å²) in [6.45, 7) is 5.55. The molecule has 6 heteroatoms. The van der Waals surface area contributed by atoms with Gasteiger partial charge in [0.15, 0.2) is 5.69 Å². The first-order valence-electron chi connectivity index (χ1n) is 9.06. The topological polar surface area (TPSA) is 71.1 Å². The molecule has 0 spiro atoms. The van der Waals surface area contributed by atoms with Crippen molar-refractivity contribution in [2.75, 3.05) is 13.1 Å². The molecule has 2 aromatic rings. The van der Waals surface area contributed by atoms with Crippen molar-refractivity contribution in [3.8, 4) is 0 Å². The molecule has 0 aliphatic carbocycles. The van der Waals surface area contributed by atoms with E-state index in [1.165, 1.54) is 0 Å². The lowest BCUT2D eigenvalue weighted by Crippen LogP contribution is -2.39. The Morgan fingerprint density at radius 3 is 2.80 bits per heavy atom. The van der Waals surface area contributed by atoms with Crippen molar-refractivity contribution in [3.63, 3.8) is 0 Å². The number of hydrogen-bond acceptors (Lipinski definition) is 4. The molecule has 6 nitrogen and oxygen atoms in total. The van der Waals surface area contributed by atoms with Crippen molar-refractivity contribution in [3.05, 3.63) is 47.0 Å². The summed E-state index contributed by atoms with van der Waals surface area (Å²) in [4.78, 5) is 19.4. The van der Waals surface area contributed by atoms with E-state index in [-0.39, 0.29) is 18.1 Å². The molecule has 132 valence electrons. The maximum atomic E-state index is 13.0. The number of fused-ring (bicyclic) bond motifs is 1. The van der Waals surface area contributed by atoms with E-state index in [4.69, 9.17) is 4.74 Å². The van der Waals surface area contributed by atoms with E-state index in [2.05, 4.69) is 21.2 Å². The third kappa shape index (κ3) is 3.06. The molecular formula is C19H24N4O2. The number of carbonyl (C=O) groups excluding carboxylic acids is 1. The monoisotopic (exact) mass is 340 g/mol. The molecule has 0 saturated carbocycles. The van der Waals surface area contributed by atoms with Gasteiger partial charge in [-0.05, 0) is 38.8 Å². The molecule has 0 radical (unpaired) electrons. The normalized spacial score (nSPS) is 24.2. The van der Waals surface area contributed by atoms with Gasteiger partial charge < -0.3 is 9.64 Å². The largest absolute Gasteiger partial charge is 0.369 e. The predicted octanol–water partition coefficient (Wildman–Crippen LogP) is 2.85. The van der Waals surface area contributed by atoms with Gasteiger partial charge in [0.1, 0.15) is 0 Å². The van der Waals surface area contributed by atoms with Crippen LogP contribution in [0, 0.1) is 0 Å². The average molecular weight is 340 g/mol. The Labute approximate surface area is 147 Å². The maximum absolute atomic E-state index is 13.0. The van der Waals surface area contributed by atoms with E-state index in [9.17, 15) is 4.79 Å². The van der Waals surface area contributed by atoms with Gasteiger partial charge in [-0.25, -0.2) is 0 Å². The van der Waals surface area contributed by atoms with Crippen LogP contribution in [0.1, 0.15) is 66.2 Å². The highest BCUT2D eigenvalue weighted by Crippen LogP contribution is 2.32. The van der Waals surface area contributed by atoms with Gasteiger partial charge in [-0.15, -0.1) is 0 Å². The Balaban J connectivity index is 1.47. The number of aromatic nitrogens is 3. The lowest BCUT2D eigenvalue weighted by molar-refractivity contribution is -0.00703. The Morgan fingerprint density at radius 2 is 2.08 bits per heavy atom. The van der Waals surface area contributed by atoms with E-state index >= 15 is 0 Å². The second kappa shape index (κ2) is 6.59. The highest BCUT2D eigenvalue weighted by Gasteiger charge is 2.33. The van der Waals surface area contributed by atoms with Gasteiger partial charge in [0.05, 0.1) is 17.9 Å². The van der Waals surface area contributed by atoms with Gasteiger partial charge in [0, 0.05) is 42.9 Å². The van der Waals surface area contributed by atoms with E-state index in [1.807, 2.05) is 37.1 Å². The summed E-state index contributed by atoms with van der Waals surface area (Å²) in [5.41, 5.74) is 3.69. The highest BCUT2D eigenvalue weighted by atomic mass is 16.5. The third-order valence-electron chi connectivity index (χ3n) is 5.32. The zero-order valence-electron chi connectivity index (χ0n) is 14.7. The van der Waals surface area contributed by atoms with Gasteiger partial charge >= 0.3 is 0 Å². The third-order valence-corrected chi connectivity index (χ3v) is 5.32. The number of H-pyrrole nitrogens is 1. The number of ether oxygens (including phenoxy) is 1. The first kappa shape index (κ1) is 16.3. The molecule has 1 fully saturated rings. The number of nitrogens with one attached hydrogen (secondary N) is 1. The molecule has 2 atom stereocenters. The minimum atomic E-state index is -0.0392. The lowest BCUT2D eigenvalue weighted by Gasteiger charge is -2.32. The average Bonchev–Trinajstić information content (AvgIpc) is 3.06. The maximum Gasteiger partial charge on any atom is 0.274 e. The van der Waals surface area contributed by atoms with Crippen LogP contribution in [0.25, 0.3) is 0 Å². The fourth-order valence-corrected chi connectivity index (χ4v) is 4.00. The summed E-state index contributed by atoms with van der Waals surface area (Å²) < 4.78 is 5.81. The van der Waals surface area contributed by atoms with Crippen LogP contribution in [0.3, 0.4) is 0 Å². The lowest BCUT2D eigenvalue weighted by atomic mass is 9.92. The van der Waals surface area contributed by atoms with Gasteiger partial charge in [-0.3, -0.25) is 14.9 Å². The molecule has 0 aromatic carbocycles. The molecule has 2 aliphatic heterocycles. The zero-order valence-corrected chi connectivity index (χ0v) is 14.7. The van der Waals surface area contributed by atoms with E-state index in [0.29, 0.717) is 11.6 Å². The van der Waals surface area contributed by atoms with Crippen molar-refractivity contribution in [1.29, 1.82) is 0 Å². The van der Waals surface area contributed by atoms with Gasteiger partial charge in [-0.2, -0.15) is 5.10 Å². The number of hydrogen-bond donors (Lipinski definition) is 1. The van der Waals surface area contributed by atoms with Crippen molar-refractivity contribution < 1.29 is 9.53 Å². The minimum Gasteiger partial charge on any atom is -0.369 e.